The first-order chi connectivity index (χ1) is 14.6. The summed E-state index contributed by atoms with van der Waals surface area (Å²) < 4.78 is 0. The topological polar surface area (TPSA) is 86.6 Å². The summed E-state index contributed by atoms with van der Waals surface area (Å²) in [6.07, 6.45) is 4.38. The fourth-order valence-corrected chi connectivity index (χ4v) is 4.14. The van der Waals surface area contributed by atoms with Gasteiger partial charge in [0.15, 0.2) is 0 Å². The molecule has 0 atom stereocenters. The number of pyridine rings is 1. The van der Waals surface area contributed by atoms with Crippen LogP contribution in [0, 0.1) is 10.1 Å². The van der Waals surface area contributed by atoms with Crippen molar-refractivity contribution in [2.75, 3.05) is 43.9 Å². The minimum Gasteiger partial charge on any atom is -0.362 e. The third kappa shape index (κ3) is 5.25. The molecule has 0 spiro atoms. The first-order valence-electron chi connectivity index (χ1n) is 10.8. The van der Waals surface area contributed by atoms with Gasteiger partial charge in [-0.3, -0.25) is 15.0 Å². The highest BCUT2D eigenvalue weighted by Crippen LogP contribution is 2.29. The summed E-state index contributed by atoms with van der Waals surface area (Å²) in [6, 6.07) is 11.8. The van der Waals surface area contributed by atoms with Gasteiger partial charge in [0.2, 0.25) is 5.82 Å². The Morgan fingerprint density at radius 2 is 1.77 bits per heavy atom. The van der Waals surface area contributed by atoms with Crippen LogP contribution >= 0.6 is 0 Å². The third-order valence-electron chi connectivity index (χ3n) is 6.00. The Hall–Kier alpha value is -2.71. The van der Waals surface area contributed by atoms with Crippen LogP contribution in [0.1, 0.15) is 31.2 Å². The van der Waals surface area contributed by atoms with Crippen LogP contribution < -0.4 is 10.6 Å². The quantitative estimate of drug-likeness (QED) is 0.530. The number of rotatable bonds is 7. The number of aromatic nitrogens is 1. The predicted octanol–water partition coefficient (Wildman–Crippen LogP) is 3.84. The molecule has 4 rings (SSSR count). The van der Waals surface area contributed by atoms with Gasteiger partial charge in [0.05, 0.1) is 4.92 Å². The molecule has 1 aliphatic carbocycles. The molecule has 0 unspecified atom stereocenters. The third-order valence-corrected chi connectivity index (χ3v) is 6.00. The first-order valence-corrected chi connectivity index (χ1v) is 10.8. The molecule has 0 radical (unpaired) electrons. The second-order valence-corrected chi connectivity index (χ2v) is 8.35. The lowest BCUT2D eigenvalue weighted by atomic mass is 10.2. The van der Waals surface area contributed by atoms with E-state index in [0.29, 0.717) is 11.6 Å². The van der Waals surface area contributed by atoms with Crippen LogP contribution in [0.15, 0.2) is 36.4 Å². The van der Waals surface area contributed by atoms with E-state index < -0.39 is 0 Å². The molecule has 1 aromatic carbocycles. The molecule has 1 aliphatic heterocycles. The summed E-state index contributed by atoms with van der Waals surface area (Å²) >= 11 is 0. The lowest BCUT2D eigenvalue weighted by Crippen LogP contribution is -2.43. The smallest absolute Gasteiger partial charge is 0.311 e. The Morgan fingerprint density at radius 1 is 1.07 bits per heavy atom. The molecule has 0 amide bonds. The molecule has 1 saturated heterocycles. The number of nitro groups is 1. The zero-order chi connectivity index (χ0) is 20.9. The Labute approximate surface area is 177 Å². The van der Waals surface area contributed by atoms with Crippen LogP contribution in [0.2, 0.25) is 0 Å². The fourth-order valence-electron chi connectivity index (χ4n) is 4.14. The molecule has 1 aromatic heterocycles. The molecule has 2 aliphatic rings. The molecule has 30 heavy (non-hydrogen) atoms. The Bertz CT molecular complexity index is 858. The summed E-state index contributed by atoms with van der Waals surface area (Å²) in [5, 5.41) is 17.9. The summed E-state index contributed by atoms with van der Waals surface area (Å²) in [6.45, 7) is 5.38. The van der Waals surface area contributed by atoms with E-state index in [1.165, 1.54) is 11.6 Å². The number of hydrogen-bond donors (Lipinski definition) is 2. The lowest BCUT2D eigenvalue weighted by Gasteiger charge is -2.32. The molecule has 2 heterocycles. The van der Waals surface area contributed by atoms with Gasteiger partial charge in [-0.05, 0) is 43.7 Å². The SMILES string of the molecule is CN1CCN(Cc2ccc(Nc3ccc([N+](=O)[O-])c(NC4CCCC4)n3)cc2)CC1. The van der Waals surface area contributed by atoms with E-state index in [-0.39, 0.29) is 16.7 Å². The minimum atomic E-state index is -0.374. The number of piperazine rings is 1. The van der Waals surface area contributed by atoms with Crippen molar-refractivity contribution in [2.45, 2.75) is 38.3 Å². The molecule has 1 saturated carbocycles. The summed E-state index contributed by atoms with van der Waals surface area (Å²) in [5.74, 6) is 0.955. The summed E-state index contributed by atoms with van der Waals surface area (Å²) in [5.41, 5.74) is 2.23. The standard InChI is InChI=1S/C22H30N6O2/c1-26-12-14-27(15-13-26)16-17-6-8-19(9-7-17)23-21-11-10-20(28(29)30)22(25-21)24-18-4-2-3-5-18/h6-11,18H,2-5,12-16H2,1H3,(H2,23,24,25). The van der Waals surface area contributed by atoms with Crippen LogP contribution in [0.4, 0.5) is 23.0 Å². The van der Waals surface area contributed by atoms with E-state index in [1.807, 2.05) is 12.1 Å². The first kappa shape index (κ1) is 20.6. The Morgan fingerprint density at radius 3 is 2.43 bits per heavy atom. The largest absolute Gasteiger partial charge is 0.362 e. The highest BCUT2D eigenvalue weighted by Gasteiger charge is 2.22. The highest BCUT2D eigenvalue weighted by molar-refractivity contribution is 5.64. The van der Waals surface area contributed by atoms with Crippen LogP contribution in [0.3, 0.4) is 0 Å². The average Bonchev–Trinajstić information content (AvgIpc) is 3.24. The number of likely N-dealkylation sites (N-methyl/N-ethyl adjacent to an activating group) is 1. The number of nitrogens with zero attached hydrogens (tertiary/aromatic N) is 4. The van der Waals surface area contributed by atoms with Crippen molar-refractivity contribution in [1.82, 2.24) is 14.8 Å². The number of benzene rings is 1. The van der Waals surface area contributed by atoms with Gasteiger partial charge in [0, 0.05) is 50.5 Å². The van der Waals surface area contributed by atoms with E-state index in [9.17, 15) is 10.1 Å². The van der Waals surface area contributed by atoms with Gasteiger partial charge >= 0.3 is 5.69 Å². The van der Waals surface area contributed by atoms with E-state index >= 15 is 0 Å². The average molecular weight is 411 g/mol. The highest BCUT2D eigenvalue weighted by atomic mass is 16.6. The van der Waals surface area contributed by atoms with Crippen molar-refractivity contribution >= 4 is 23.0 Å². The van der Waals surface area contributed by atoms with E-state index in [4.69, 9.17) is 0 Å². The molecule has 2 aromatic rings. The normalized spacial score (nSPS) is 18.4. The number of nitrogens with one attached hydrogen (secondary N) is 2. The van der Waals surface area contributed by atoms with Crippen LogP contribution in [-0.2, 0) is 6.54 Å². The van der Waals surface area contributed by atoms with Crippen molar-refractivity contribution in [3.05, 3.63) is 52.1 Å². The molecule has 8 heteroatoms. The molecule has 2 fully saturated rings. The van der Waals surface area contributed by atoms with E-state index in [0.717, 1.165) is 64.1 Å². The fraction of sp³-hybridized carbons (Fsp3) is 0.500. The van der Waals surface area contributed by atoms with Gasteiger partial charge in [-0.25, -0.2) is 4.98 Å². The number of hydrogen-bond acceptors (Lipinski definition) is 7. The zero-order valence-corrected chi connectivity index (χ0v) is 17.5. The molecule has 2 N–H and O–H groups in total. The minimum absolute atomic E-state index is 0.0231. The predicted molar refractivity (Wildman–Crippen MR) is 119 cm³/mol. The molecule has 160 valence electrons. The van der Waals surface area contributed by atoms with Crippen molar-refractivity contribution in [2.24, 2.45) is 0 Å². The van der Waals surface area contributed by atoms with Crippen molar-refractivity contribution in [3.8, 4) is 0 Å². The van der Waals surface area contributed by atoms with Crippen molar-refractivity contribution in [1.29, 1.82) is 0 Å². The van der Waals surface area contributed by atoms with Gasteiger partial charge < -0.3 is 15.5 Å². The molecular formula is C22H30N6O2. The monoisotopic (exact) mass is 410 g/mol. The van der Waals surface area contributed by atoms with Gasteiger partial charge in [-0.15, -0.1) is 0 Å². The second-order valence-electron chi connectivity index (χ2n) is 8.35. The molecule has 0 bridgehead atoms. The number of anilines is 3. The van der Waals surface area contributed by atoms with Gasteiger partial charge in [-0.1, -0.05) is 25.0 Å². The van der Waals surface area contributed by atoms with E-state index in [2.05, 4.69) is 44.6 Å². The van der Waals surface area contributed by atoms with Crippen LogP contribution in [0.5, 0.6) is 0 Å². The maximum absolute atomic E-state index is 11.4. The van der Waals surface area contributed by atoms with Crippen LogP contribution in [0.25, 0.3) is 0 Å². The van der Waals surface area contributed by atoms with E-state index in [1.54, 1.807) is 6.07 Å². The molecular weight excluding hydrogens is 380 g/mol. The Balaban J connectivity index is 1.41. The second kappa shape index (κ2) is 9.40. The summed E-state index contributed by atoms with van der Waals surface area (Å²) in [7, 11) is 2.17. The Kier molecular flexibility index (Phi) is 6.44. The maximum atomic E-state index is 11.4. The van der Waals surface area contributed by atoms with Gasteiger partial charge in [0.1, 0.15) is 5.82 Å². The lowest BCUT2D eigenvalue weighted by molar-refractivity contribution is -0.384. The van der Waals surface area contributed by atoms with Gasteiger partial charge in [-0.2, -0.15) is 0 Å². The maximum Gasteiger partial charge on any atom is 0.311 e. The van der Waals surface area contributed by atoms with Crippen molar-refractivity contribution < 1.29 is 4.92 Å². The van der Waals surface area contributed by atoms with Crippen LogP contribution in [-0.4, -0.2) is 59.0 Å². The van der Waals surface area contributed by atoms with Gasteiger partial charge in [0.25, 0.3) is 0 Å². The van der Waals surface area contributed by atoms with Crippen molar-refractivity contribution in [3.63, 3.8) is 0 Å². The summed E-state index contributed by atoms with van der Waals surface area (Å²) in [4.78, 5) is 20.3. The zero-order valence-electron chi connectivity index (χ0n) is 17.5. The molecule has 8 nitrogen and oxygen atoms in total.